The summed E-state index contributed by atoms with van der Waals surface area (Å²) in [5.41, 5.74) is 12.8. The molecule has 0 aliphatic carbocycles. The lowest BCUT2D eigenvalue weighted by Gasteiger charge is -2.19. The predicted molar refractivity (Wildman–Crippen MR) is 172 cm³/mol. The third-order valence-corrected chi connectivity index (χ3v) is 7.30. The largest absolute Gasteiger partial charge is 0.508 e. The highest BCUT2D eigenvalue weighted by Crippen LogP contribution is 2.26. The number of nitrogens with one attached hydrogen (secondary N) is 2. The van der Waals surface area contributed by atoms with E-state index in [2.05, 4.69) is 60.7 Å². The molecule has 0 saturated carbocycles. The molecule has 0 radical (unpaired) electrons. The number of benzene rings is 3. The van der Waals surface area contributed by atoms with Crippen molar-refractivity contribution in [1.82, 2.24) is 20.1 Å². The van der Waals surface area contributed by atoms with Gasteiger partial charge >= 0.3 is 0 Å². The number of rotatable bonds is 9. The van der Waals surface area contributed by atoms with Gasteiger partial charge in [-0.1, -0.05) is 51.1 Å². The lowest BCUT2D eigenvalue weighted by Crippen LogP contribution is -2.44. The second-order valence-electron chi connectivity index (χ2n) is 11.7. The zero-order valence-electron chi connectivity index (χ0n) is 25.0. The SMILES string of the molecule is CC(C)(C)c1ccc(-n2nc(-c3ccncc3)cc2CNc2cccc(C(=O)NC(=O)[C@@H](N)Cc3ccc(O)cc3)c2)cc1. The number of nitrogens with two attached hydrogens (primary N) is 1. The standard InChI is InChI=1S/C35H36N6O3/c1-35(2,3)26-9-11-28(12-10-26)41-29(21-32(40-41)24-15-17-37-18-16-24)22-38-27-6-4-5-25(20-27)33(43)39-34(44)31(36)19-23-7-13-30(42)14-8-23/h4-18,20-21,31,38,42H,19,22,36H2,1-3H3,(H,39,43,44)/t31-/m0/s1. The summed E-state index contributed by atoms with van der Waals surface area (Å²) in [4.78, 5) is 29.7. The van der Waals surface area contributed by atoms with E-state index in [1.54, 1.807) is 42.7 Å². The number of phenolic OH excluding ortho intramolecular Hbond substituents is 1. The Morgan fingerprint density at radius 1 is 0.932 bits per heavy atom. The number of phenols is 1. The van der Waals surface area contributed by atoms with Crippen molar-refractivity contribution in [1.29, 1.82) is 0 Å². The molecule has 9 heteroatoms. The van der Waals surface area contributed by atoms with Crippen molar-refractivity contribution in [2.75, 3.05) is 5.32 Å². The number of aromatic nitrogens is 3. The number of nitrogens with zero attached hydrogens (tertiary/aromatic N) is 3. The van der Waals surface area contributed by atoms with Crippen LogP contribution in [-0.4, -0.2) is 37.7 Å². The zero-order chi connectivity index (χ0) is 31.3. The smallest absolute Gasteiger partial charge is 0.257 e. The number of anilines is 1. The van der Waals surface area contributed by atoms with Crippen LogP contribution in [0.4, 0.5) is 5.69 Å². The molecule has 9 nitrogen and oxygen atoms in total. The summed E-state index contributed by atoms with van der Waals surface area (Å²) >= 11 is 0. The first-order valence-electron chi connectivity index (χ1n) is 14.4. The molecule has 2 amide bonds. The molecule has 2 heterocycles. The molecule has 0 saturated heterocycles. The first-order valence-corrected chi connectivity index (χ1v) is 14.4. The van der Waals surface area contributed by atoms with Gasteiger partial charge in [0.05, 0.1) is 29.7 Å². The normalized spacial score (nSPS) is 12.0. The summed E-state index contributed by atoms with van der Waals surface area (Å²) in [5, 5.41) is 20.2. The molecule has 0 unspecified atom stereocenters. The van der Waals surface area contributed by atoms with Gasteiger partial charge in [0.25, 0.3) is 5.91 Å². The Morgan fingerprint density at radius 3 is 2.32 bits per heavy atom. The molecule has 3 aromatic carbocycles. The Morgan fingerprint density at radius 2 is 1.64 bits per heavy atom. The van der Waals surface area contributed by atoms with Crippen LogP contribution >= 0.6 is 0 Å². The van der Waals surface area contributed by atoms with Gasteiger partial charge in [-0.05, 0) is 83.6 Å². The van der Waals surface area contributed by atoms with Gasteiger partial charge in [0.15, 0.2) is 0 Å². The first kappa shape index (κ1) is 30.2. The highest BCUT2D eigenvalue weighted by Gasteiger charge is 2.19. The monoisotopic (exact) mass is 588 g/mol. The topological polar surface area (TPSA) is 135 Å². The molecule has 0 aliphatic heterocycles. The van der Waals surface area contributed by atoms with Gasteiger partial charge < -0.3 is 16.2 Å². The summed E-state index contributed by atoms with van der Waals surface area (Å²) < 4.78 is 1.92. The third kappa shape index (κ3) is 7.37. The van der Waals surface area contributed by atoms with Crippen molar-refractivity contribution in [3.63, 3.8) is 0 Å². The van der Waals surface area contributed by atoms with Crippen LogP contribution in [0.2, 0.25) is 0 Å². The van der Waals surface area contributed by atoms with E-state index in [0.717, 1.165) is 28.2 Å². The quantitative estimate of drug-likeness (QED) is 0.182. The van der Waals surface area contributed by atoms with Crippen LogP contribution < -0.4 is 16.4 Å². The first-order chi connectivity index (χ1) is 21.1. The third-order valence-electron chi connectivity index (χ3n) is 7.30. The number of imide groups is 1. The number of hydrogen-bond donors (Lipinski definition) is 4. The molecular weight excluding hydrogens is 552 g/mol. The summed E-state index contributed by atoms with van der Waals surface area (Å²) in [7, 11) is 0. The van der Waals surface area contributed by atoms with Crippen LogP contribution in [0.5, 0.6) is 5.75 Å². The summed E-state index contributed by atoms with van der Waals surface area (Å²) in [6, 6.07) is 26.7. The number of hydrogen-bond acceptors (Lipinski definition) is 7. The van der Waals surface area contributed by atoms with Gasteiger partial charge in [0.2, 0.25) is 5.91 Å². The van der Waals surface area contributed by atoms with Crippen LogP contribution in [0.1, 0.15) is 48.0 Å². The molecule has 5 rings (SSSR count). The zero-order valence-corrected chi connectivity index (χ0v) is 25.0. The summed E-state index contributed by atoms with van der Waals surface area (Å²) in [6.07, 6.45) is 3.72. The van der Waals surface area contributed by atoms with Crippen molar-refractivity contribution < 1.29 is 14.7 Å². The maximum Gasteiger partial charge on any atom is 0.257 e. The average Bonchev–Trinajstić information content (AvgIpc) is 3.45. The number of carbonyl (C=O) groups is 2. The van der Waals surface area contributed by atoms with Crippen LogP contribution in [0.3, 0.4) is 0 Å². The minimum absolute atomic E-state index is 0.0367. The van der Waals surface area contributed by atoms with Crippen molar-refractivity contribution in [2.45, 2.75) is 45.2 Å². The molecule has 224 valence electrons. The van der Waals surface area contributed by atoms with Crippen molar-refractivity contribution in [3.8, 4) is 22.7 Å². The number of amides is 2. The fourth-order valence-corrected chi connectivity index (χ4v) is 4.75. The molecule has 0 fully saturated rings. The summed E-state index contributed by atoms with van der Waals surface area (Å²) in [5.74, 6) is -0.987. The number of carbonyl (C=O) groups excluding carboxylic acids is 2. The molecular formula is C35H36N6O3. The molecule has 2 aromatic heterocycles. The lowest BCUT2D eigenvalue weighted by atomic mass is 9.87. The second kappa shape index (κ2) is 12.9. The Kier molecular flexibility index (Phi) is 8.87. The second-order valence-corrected chi connectivity index (χ2v) is 11.7. The van der Waals surface area contributed by atoms with Crippen molar-refractivity contribution >= 4 is 17.5 Å². The van der Waals surface area contributed by atoms with Gasteiger partial charge in [-0.2, -0.15) is 5.10 Å². The molecule has 0 aliphatic rings. The van der Waals surface area contributed by atoms with Crippen molar-refractivity contribution in [3.05, 3.63) is 126 Å². The van der Waals surface area contributed by atoms with Crippen LogP contribution in [0, 0.1) is 0 Å². The Labute approximate surface area is 256 Å². The van der Waals surface area contributed by atoms with Crippen LogP contribution in [0.15, 0.2) is 103 Å². The van der Waals surface area contributed by atoms with Gasteiger partial charge in [-0.3, -0.25) is 19.9 Å². The van der Waals surface area contributed by atoms with E-state index in [-0.39, 0.29) is 17.6 Å². The van der Waals surface area contributed by atoms with Gasteiger partial charge in [-0.15, -0.1) is 0 Å². The maximum atomic E-state index is 12.9. The minimum Gasteiger partial charge on any atom is -0.508 e. The van der Waals surface area contributed by atoms with Gasteiger partial charge in [0.1, 0.15) is 5.75 Å². The number of pyridine rings is 1. The van der Waals surface area contributed by atoms with Crippen LogP contribution in [0.25, 0.3) is 16.9 Å². The van der Waals surface area contributed by atoms with Gasteiger partial charge in [0, 0.05) is 29.2 Å². The Bertz CT molecular complexity index is 1740. The van der Waals surface area contributed by atoms with E-state index >= 15 is 0 Å². The highest BCUT2D eigenvalue weighted by molar-refractivity contribution is 6.06. The Balaban J connectivity index is 1.30. The Hall–Kier alpha value is -5.28. The fraction of sp³-hybridized carbons (Fsp3) is 0.200. The van der Waals surface area contributed by atoms with Crippen molar-refractivity contribution in [2.24, 2.45) is 5.73 Å². The van der Waals surface area contributed by atoms with E-state index in [0.29, 0.717) is 17.8 Å². The highest BCUT2D eigenvalue weighted by atomic mass is 16.3. The molecule has 5 aromatic rings. The molecule has 0 bridgehead atoms. The van der Waals surface area contributed by atoms with E-state index in [1.807, 2.05) is 28.9 Å². The van der Waals surface area contributed by atoms with E-state index in [9.17, 15) is 14.7 Å². The minimum atomic E-state index is -0.919. The predicted octanol–water partition coefficient (Wildman–Crippen LogP) is 5.38. The molecule has 44 heavy (non-hydrogen) atoms. The van der Waals surface area contributed by atoms with E-state index < -0.39 is 17.9 Å². The lowest BCUT2D eigenvalue weighted by molar-refractivity contribution is -0.121. The maximum absolute atomic E-state index is 12.9. The van der Waals surface area contributed by atoms with E-state index in [4.69, 9.17) is 10.8 Å². The van der Waals surface area contributed by atoms with E-state index in [1.165, 1.54) is 17.7 Å². The van der Waals surface area contributed by atoms with Gasteiger partial charge in [-0.25, -0.2) is 4.68 Å². The summed E-state index contributed by atoms with van der Waals surface area (Å²) in [6.45, 7) is 6.98. The molecule has 1 atom stereocenters. The average molecular weight is 589 g/mol. The van der Waals surface area contributed by atoms with Crippen LogP contribution in [-0.2, 0) is 23.2 Å². The molecule has 0 spiro atoms. The molecule has 5 N–H and O–H groups in total. The fourth-order valence-electron chi connectivity index (χ4n) is 4.75. The number of aromatic hydroxyl groups is 1.